The second kappa shape index (κ2) is 7.11. The van der Waals surface area contributed by atoms with Crippen molar-refractivity contribution < 1.29 is 9.18 Å². The first-order valence-corrected chi connectivity index (χ1v) is 8.33. The van der Waals surface area contributed by atoms with Crippen LogP contribution in [0.3, 0.4) is 0 Å². The molecule has 1 aromatic rings. The summed E-state index contributed by atoms with van der Waals surface area (Å²) in [4.78, 5) is 14.4. The van der Waals surface area contributed by atoms with Gasteiger partial charge in [0.2, 0.25) is 0 Å². The third-order valence-electron chi connectivity index (χ3n) is 3.67. The van der Waals surface area contributed by atoms with E-state index in [0.29, 0.717) is 5.25 Å². The number of hydrogen-bond donors (Lipinski definition) is 0. The highest BCUT2D eigenvalue weighted by Gasteiger charge is 2.24. The van der Waals surface area contributed by atoms with Crippen LogP contribution in [0.4, 0.5) is 4.39 Å². The summed E-state index contributed by atoms with van der Waals surface area (Å²) >= 11 is 1.90. The smallest absolute Gasteiger partial charge is 0.256 e. The van der Waals surface area contributed by atoms with Crippen LogP contribution in [0.1, 0.15) is 42.1 Å². The van der Waals surface area contributed by atoms with Gasteiger partial charge >= 0.3 is 0 Å². The molecule has 2 nitrogen and oxygen atoms in total. The third-order valence-corrected chi connectivity index (χ3v) is 4.86. The molecule has 1 atom stereocenters. The summed E-state index contributed by atoms with van der Waals surface area (Å²) in [5.41, 5.74) is 1.14. The van der Waals surface area contributed by atoms with Crippen LogP contribution in [-0.4, -0.2) is 34.9 Å². The van der Waals surface area contributed by atoms with Gasteiger partial charge in [-0.2, -0.15) is 11.8 Å². The fourth-order valence-corrected chi connectivity index (χ4v) is 3.72. The van der Waals surface area contributed by atoms with Crippen molar-refractivity contribution in [3.8, 4) is 0 Å². The van der Waals surface area contributed by atoms with E-state index in [-0.39, 0.29) is 11.5 Å². The molecule has 1 unspecified atom stereocenters. The summed E-state index contributed by atoms with van der Waals surface area (Å²) in [5.74, 6) is 0.491. The number of aryl methyl sites for hydroxylation is 1. The topological polar surface area (TPSA) is 20.3 Å². The Morgan fingerprint density at radius 1 is 1.45 bits per heavy atom. The van der Waals surface area contributed by atoms with Crippen molar-refractivity contribution in [3.63, 3.8) is 0 Å². The number of likely N-dealkylation sites (tertiary alicyclic amines) is 1. The molecule has 0 aliphatic carbocycles. The molecule has 2 rings (SSSR count). The molecule has 1 aliphatic heterocycles. The van der Waals surface area contributed by atoms with Gasteiger partial charge in [-0.05, 0) is 37.7 Å². The molecule has 0 bridgehead atoms. The van der Waals surface area contributed by atoms with Crippen LogP contribution in [0.25, 0.3) is 0 Å². The largest absolute Gasteiger partial charge is 0.337 e. The SMILES string of the molecule is CCSC1CCCCN(C(=O)c2cc(C)ccc2F)C1. The fourth-order valence-electron chi connectivity index (χ4n) is 2.63. The van der Waals surface area contributed by atoms with Crippen molar-refractivity contribution in [1.82, 2.24) is 4.90 Å². The van der Waals surface area contributed by atoms with Crippen molar-refractivity contribution in [1.29, 1.82) is 0 Å². The normalized spacial score (nSPS) is 19.8. The monoisotopic (exact) mass is 295 g/mol. The van der Waals surface area contributed by atoms with E-state index in [1.54, 1.807) is 12.1 Å². The van der Waals surface area contributed by atoms with E-state index in [0.717, 1.165) is 43.7 Å². The van der Waals surface area contributed by atoms with Crippen LogP contribution in [0.5, 0.6) is 0 Å². The molecule has 1 saturated heterocycles. The van der Waals surface area contributed by atoms with Gasteiger partial charge in [0.05, 0.1) is 5.56 Å². The molecule has 0 aromatic heterocycles. The molecular weight excluding hydrogens is 273 g/mol. The molecule has 0 spiro atoms. The van der Waals surface area contributed by atoms with Crippen molar-refractivity contribution in [2.75, 3.05) is 18.8 Å². The van der Waals surface area contributed by atoms with E-state index in [1.165, 1.54) is 6.07 Å². The Kier molecular flexibility index (Phi) is 5.46. The Labute approximate surface area is 124 Å². The maximum atomic E-state index is 13.9. The summed E-state index contributed by atoms with van der Waals surface area (Å²) in [5, 5.41) is 0.485. The van der Waals surface area contributed by atoms with Gasteiger partial charge in [0.1, 0.15) is 5.82 Å². The van der Waals surface area contributed by atoms with Crippen LogP contribution < -0.4 is 0 Å². The van der Waals surface area contributed by atoms with Crippen molar-refractivity contribution in [2.45, 2.75) is 38.4 Å². The number of carbonyl (C=O) groups is 1. The van der Waals surface area contributed by atoms with Crippen LogP contribution in [0, 0.1) is 12.7 Å². The molecule has 1 aliphatic rings. The quantitative estimate of drug-likeness (QED) is 0.843. The molecule has 20 heavy (non-hydrogen) atoms. The highest BCUT2D eigenvalue weighted by molar-refractivity contribution is 7.99. The van der Waals surface area contributed by atoms with Crippen LogP contribution in [-0.2, 0) is 0 Å². The molecule has 1 amide bonds. The average molecular weight is 295 g/mol. The van der Waals surface area contributed by atoms with Gasteiger partial charge in [-0.3, -0.25) is 4.79 Å². The van der Waals surface area contributed by atoms with E-state index in [9.17, 15) is 9.18 Å². The second-order valence-electron chi connectivity index (χ2n) is 5.31. The number of nitrogens with zero attached hydrogens (tertiary/aromatic N) is 1. The summed E-state index contributed by atoms with van der Waals surface area (Å²) in [6.07, 6.45) is 3.32. The van der Waals surface area contributed by atoms with E-state index in [2.05, 4.69) is 6.92 Å². The van der Waals surface area contributed by atoms with Gasteiger partial charge in [0.15, 0.2) is 0 Å². The van der Waals surface area contributed by atoms with E-state index in [4.69, 9.17) is 0 Å². The van der Waals surface area contributed by atoms with Crippen molar-refractivity contribution in [2.24, 2.45) is 0 Å². The zero-order chi connectivity index (χ0) is 14.5. The first-order valence-electron chi connectivity index (χ1n) is 7.29. The molecule has 1 fully saturated rings. The predicted molar refractivity (Wildman–Crippen MR) is 82.8 cm³/mol. The van der Waals surface area contributed by atoms with Crippen LogP contribution >= 0.6 is 11.8 Å². The Bertz CT molecular complexity index is 478. The highest BCUT2D eigenvalue weighted by Crippen LogP contribution is 2.23. The Morgan fingerprint density at radius 2 is 2.25 bits per heavy atom. The zero-order valence-corrected chi connectivity index (χ0v) is 13.0. The second-order valence-corrected chi connectivity index (χ2v) is 6.88. The standard InChI is InChI=1S/C16H22FNOS/c1-3-20-13-6-4-5-9-18(11-13)16(19)14-10-12(2)7-8-15(14)17/h7-8,10,13H,3-6,9,11H2,1-2H3. The van der Waals surface area contributed by atoms with E-state index in [1.807, 2.05) is 23.6 Å². The molecule has 0 saturated carbocycles. The lowest BCUT2D eigenvalue weighted by Crippen LogP contribution is -2.36. The Balaban J connectivity index is 2.16. The Morgan fingerprint density at radius 3 is 3.00 bits per heavy atom. The summed E-state index contributed by atoms with van der Waals surface area (Å²) in [7, 11) is 0. The molecule has 1 heterocycles. The average Bonchev–Trinajstić information content (AvgIpc) is 2.67. The number of thioether (sulfide) groups is 1. The number of rotatable bonds is 3. The number of hydrogen-bond acceptors (Lipinski definition) is 2. The van der Waals surface area contributed by atoms with Gasteiger partial charge in [0, 0.05) is 18.3 Å². The number of carbonyl (C=O) groups excluding carboxylic acids is 1. The minimum absolute atomic E-state index is 0.158. The lowest BCUT2D eigenvalue weighted by atomic mass is 10.1. The number of benzene rings is 1. The van der Waals surface area contributed by atoms with E-state index < -0.39 is 5.82 Å². The first-order chi connectivity index (χ1) is 9.61. The van der Waals surface area contributed by atoms with Crippen LogP contribution in [0.2, 0.25) is 0 Å². The highest BCUT2D eigenvalue weighted by atomic mass is 32.2. The third kappa shape index (κ3) is 3.75. The van der Waals surface area contributed by atoms with Gasteiger partial charge in [-0.15, -0.1) is 0 Å². The maximum absolute atomic E-state index is 13.9. The maximum Gasteiger partial charge on any atom is 0.256 e. The lowest BCUT2D eigenvalue weighted by Gasteiger charge is -2.24. The van der Waals surface area contributed by atoms with Crippen molar-refractivity contribution >= 4 is 17.7 Å². The molecular formula is C16H22FNOS. The van der Waals surface area contributed by atoms with Crippen molar-refractivity contribution in [3.05, 3.63) is 35.1 Å². The van der Waals surface area contributed by atoms with Crippen LogP contribution in [0.15, 0.2) is 18.2 Å². The summed E-state index contributed by atoms with van der Waals surface area (Å²) in [6, 6.07) is 4.74. The number of amides is 1. The van der Waals surface area contributed by atoms with Gasteiger partial charge in [0.25, 0.3) is 5.91 Å². The van der Waals surface area contributed by atoms with Gasteiger partial charge in [-0.25, -0.2) is 4.39 Å². The van der Waals surface area contributed by atoms with Gasteiger partial charge < -0.3 is 4.90 Å². The molecule has 0 radical (unpaired) electrons. The fraction of sp³-hybridized carbons (Fsp3) is 0.562. The molecule has 4 heteroatoms. The van der Waals surface area contributed by atoms with E-state index >= 15 is 0 Å². The molecule has 0 N–H and O–H groups in total. The summed E-state index contributed by atoms with van der Waals surface area (Å²) < 4.78 is 13.9. The van der Waals surface area contributed by atoms with Gasteiger partial charge in [-0.1, -0.05) is 25.0 Å². The first kappa shape index (κ1) is 15.4. The predicted octanol–water partition coefficient (Wildman–Crippen LogP) is 3.88. The summed E-state index contributed by atoms with van der Waals surface area (Å²) in [6.45, 7) is 5.51. The molecule has 110 valence electrons. The lowest BCUT2D eigenvalue weighted by molar-refractivity contribution is 0.0758. The Hall–Kier alpha value is -1.03. The zero-order valence-electron chi connectivity index (χ0n) is 12.2. The minimum Gasteiger partial charge on any atom is -0.337 e. The molecule has 1 aromatic carbocycles. The minimum atomic E-state index is -0.412. The number of halogens is 1.